The monoisotopic (exact) mass is 246 g/mol. The fourth-order valence-electron chi connectivity index (χ4n) is 2.98. The zero-order chi connectivity index (χ0) is 12.4. The van der Waals surface area contributed by atoms with Gasteiger partial charge < -0.3 is 15.0 Å². The highest BCUT2D eigenvalue weighted by Gasteiger charge is 2.17. The molecular weight excluding hydrogens is 224 g/mol. The number of hydrogen-bond acceptors (Lipinski definition) is 3. The molecule has 0 spiro atoms. The Labute approximate surface area is 109 Å². The zero-order valence-corrected chi connectivity index (χ0v) is 11.1. The number of ether oxygens (including phenoxy) is 1. The molecule has 0 amide bonds. The summed E-state index contributed by atoms with van der Waals surface area (Å²) in [5, 5.41) is 3.49. The summed E-state index contributed by atoms with van der Waals surface area (Å²) < 4.78 is 5.55. The van der Waals surface area contributed by atoms with Crippen molar-refractivity contribution in [2.75, 3.05) is 38.2 Å². The Morgan fingerprint density at radius 2 is 2.39 bits per heavy atom. The van der Waals surface area contributed by atoms with Crippen molar-refractivity contribution in [2.24, 2.45) is 5.92 Å². The van der Waals surface area contributed by atoms with Crippen LogP contribution in [-0.4, -0.2) is 33.3 Å². The summed E-state index contributed by atoms with van der Waals surface area (Å²) in [6.07, 6.45) is 3.73. The maximum atomic E-state index is 5.55. The van der Waals surface area contributed by atoms with Crippen LogP contribution in [0.5, 0.6) is 5.75 Å². The van der Waals surface area contributed by atoms with Gasteiger partial charge >= 0.3 is 0 Å². The van der Waals surface area contributed by atoms with Gasteiger partial charge in [-0.05, 0) is 55.6 Å². The van der Waals surface area contributed by atoms with E-state index in [0.29, 0.717) is 0 Å². The number of hydrogen-bond donors (Lipinski definition) is 1. The minimum absolute atomic E-state index is 0.785. The smallest absolute Gasteiger partial charge is 0.122 e. The molecule has 3 heteroatoms. The first kappa shape index (κ1) is 11.8. The van der Waals surface area contributed by atoms with Gasteiger partial charge in [0.25, 0.3) is 0 Å². The van der Waals surface area contributed by atoms with Crippen molar-refractivity contribution in [3.8, 4) is 5.75 Å². The van der Waals surface area contributed by atoms with Crippen molar-refractivity contribution in [2.45, 2.75) is 19.3 Å². The molecule has 0 aromatic heterocycles. The Morgan fingerprint density at radius 3 is 3.22 bits per heavy atom. The molecule has 1 aromatic rings. The number of nitrogens with zero attached hydrogens (tertiary/aromatic N) is 1. The predicted octanol–water partition coefficient (Wildman–Crippen LogP) is 2.06. The van der Waals surface area contributed by atoms with Gasteiger partial charge in [0.2, 0.25) is 0 Å². The van der Waals surface area contributed by atoms with Crippen molar-refractivity contribution in [3.05, 3.63) is 23.8 Å². The van der Waals surface area contributed by atoms with Crippen LogP contribution in [0, 0.1) is 5.92 Å². The molecule has 2 aliphatic heterocycles. The molecule has 1 fully saturated rings. The second kappa shape index (κ2) is 5.19. The van der Waals surface area contributed by atoms with E-state index in [9.17, 15) is 0 Å². The number of piperidine rings is 1. The van der Waals surface area contributed by atoms with Crippen LogP contribution in [-0.2, 0) is 6.42 Å². The number of rotatable bonds is 3. The molecule has 1 aromatic carbocycles. The van der Waals surface area contributed by atoms with Gasteiger partial charge in [0.1, 0.15) is 5.75 Å². The van der Waals surface area contributed by atoms with E-state index in [-0.39, 0.29) is 0 Å². The Balaban J connectivity index is 1.66. The average molecular weight is 246 g/mol. The number of nitrogens with one attached hydrogen (secondary N) is 1. The van der Waals surface area contributed by atoms with Crippen LogP contribution < -0.4 is 15.0 Å². The van der Waals surface area contributed by atoms with Gasteiger partial charge in [0, 0.05) is 25.7 Å². The maximum Gasteiger partial charge on any atom is 0.122 e. The van der Waals surface area contributed by atoms with Gasteiger partial charge in [0.05, 0.1) is 6.61 Å². The van der Waals surface area contributed by atoms with Crippen LogP contribution in [0.3, 0.4) is 0 Å². The Bertz CT molecular complexity index is 413. The molecule has 3 nitrogen and oxygen atoms in total. The van der Waals surface area contributed by atoms with Gasteiger partial charge in [-0.2, -0.15) is 0 Å². The van der Waals surface area contributed by atoms with Gasteiger partial charge in [-0.1, -0.05) is 0 Å². The standard InChI is InChI=1S/C15H22N2O/c1-17(11-12-3-2-7-16-10-12)14-4-5-15-13(9-14)6-8-18-15/h4-5,9,12,16H,2-3,6-8,10-11H2,1H3. The highest BCUT2D eigenvalue weighted by Crippen LogP contribution is 2.29. The molecule has 3 rings (SSSR count). The van der Waals surface area contributed by atoms with Gasteiger partial charge in [0.15, 0.2) is 0 Å². The minimum atomic E-state index is 0.785. The van der Waals surface area contributed by atoms with Crippen LogP contribution >= 0.6 is 0 Å². The van der Waals surface area contributed by atoms with E-state index >= 15 is 0 Å². The predicted molar refractivity (Wildman–Crippen MR) is 74.5 cm³/mol. The SMILES string of the molecule is CN(CC1CCCNC1)c1ccc2c(c1)CCO2. The van der Waals surface area contributed by atoms with E-state index in [4.69, 9.17) is 4.74 Å². The number of anilines is 1. The van der Waals surface area contributed by atoms with Crippen molar-refractivity contribution in [3.63, 3.8) is 0 Å². The second-order valence-electron chi connectivity index (χ2n) is 5.48. The Morgan fingerprint density at radius 1 is 1.44 bits per heavy atom. The lowest BCUT2D eigenvalue weighted by atomic mass is 9.99. The first-order chi connectivity index (χ1) is 8.83. The van der Waals surface area contributed by atoms with Crippen molar-refractivity contribution >= 4 is 5.69 Å². The lowest BCUT2D eigenvalue weighted by molar-refractivity contribution is 0.357. The second-order valence-corrected chi connectivity index (χ2v) is 5.48. The molecule has 18 heavy (non-hydrogen) atoms. The Hall–Kier alpha value is -1.22. The van der Waals surface area contributed by atoms with Crippen LogP contribution in [0.15, 0.2) is 18.2 Å². The Kier molecular flexibility index (Phi) is 3.41. The average Bonchev–Trinajstić information content (AvgIpc) is 2.87. The molecule has 0 saturated carbocycles. The molecule has 2 aliphatic rings. The molecule has 1 unspecified atom stereocenters. The van der Waals surface area contributed by atoms with E-state index < -0.39 is 0 Å². The van der Waals surface area contributed by atoms with Gasteiger partial charge in [-0.25, -0.2) is 0 Å². The highest BCUT2D eigenvalue weighted by atomic mass is 16.5. The molecule has 0 bridgehead atoms. The molecule has 98 valence electrons. The molecule has 1 N–H and O–H groups in total. The van der Waals surface area contributed by atoms with Crippen LogP contribution in [0.25, 0.3) is 0 Å². The molecule has 0 radical (unpaired) electrons. The number of fused-ring (bicyclic) bond motifs is 1. The van der Waals surface area contributed by atoms with E-state index in [1.807, 2.05) is 0 Å². The fraction of sp³-hybridized carbons (Fsp3) is 0.600. The van der Waals surface area contributed by atoms with Crippen molar-refractivity contribution in [1.82, 2.24) is 5.32 Å². The third-order valence-electron chi connectivity index (χ3n) is 4.04. The first-order valence-electron chi connectivity index (χ1n) is 7.00. The van der Waals surface area contributed by atoms with Crippen LogP contribution in [0.4, 0.5) is 5.69 Å². The zero-order valence-electron chi connectivity index (χ0n) is 11.1. The normalized spacial score (nSPS) is 22.4. The lowest BCUT2D eigenvalue weighted by Gasteiger charge is -2.29. The number of benzene rings is 1. The summed E-state index contributed by atoms with van der Waals surface area (Å²) in [7, 11) is 2.20. The summed E-state index contributed by atoms with van der Waals surface area (Å²) in [4.78, 5) is 2.39. The van der Waals surface area contributed by atoms with Crippen LogP contribution in [0.1, 0.15) is 18.4 Å². The van der Waals surface area contributed by atoms with E-state index in [1.165, 1.54) is 37.2 Å². The maximum absolute atomic E-state index is 5.55. The van der Waals surface area contributed by atoms with Crippen LogP contribution in [0.2, 0.25) is 0 Å². The lowest BCUT2D eigenvalue weighted by Crippen LogP contribution is -2.36. The van der Waals surface area contributed by atoms with E-state index in [0.717, 1.165) is 31.2 Å². The highest BCUT2D eigenvalue weighted by molar-refractivity contribution is 5.53. The van der Waals surface area contributed by atoms with Crippen molar-refractivity contribution in [1.29, 1.82) is 0 Å². The summed E-state index contributed by atoms with van der Waals surface area (Å²) in [6.45, 7) is 4.34. The quantitative estimate of drug-likeness (QED) is 0.883. The largest absolute Gasteiger partial charge is 0.493 e. The third kappa shape index (κ3) is 2.46. The summed E-state index contributed by atoms with van der Waals surface area (Å²) in [6, 6.07) is 6.59. The molecule has 0 aliphatic carbocycles. The third-order valence-corrected chi connectivity index (χ3v) is 4.04. The van der Waals surface area contributed by atoms with E-state index in [1.54, 1.807) is 0 Å². The first-order valence-corrected chi connectivity index (χ1v) is 7.00. The molecule has 1 atom stereocenters. The van der Waals surface area contributed by atoms with Gasteiger partial charge in [-0.3, -0.25) is 0 Å². The molecule has 1 saturated heterocycles. The summed E-state index contributed by atoms with van der Waals surface area (Å²) in [5.74, 6) is 1.86. The van der Waals surface area contributed by atoms with E-state index in [2.05, 4.69) is 35.5 Å². The van der Waals surface area contributed by atoms with Crippen molar-refractivity contribution < 1.29 is 4.74 Å². The molecular formula is C15H22N2O. The molecule has 2 heterocycles. The summed E-state index contributed by atoms with van der Waals surface area (Å²) in [5.41, 5.74) is 2.69. The van der Waals surface area contributed by atoms with Gasteiger partial charge in [-0.15, -0.1) is 0 Å². The topological polar surface area (TPSA) is 24.5 Å². The fourth-order valence-corrected chi connectivity index (χ4v) is 2.98. The minimum Gasteiger partial charge on any atom is -0.493 e. The summed E-state index contributed by atoms with van der Waals surface area (Å²) >= 11 is 0.